The van der Waals surface area contributed by atoms with Crippen molar-refractivity contribution in [1.29, 1.82) is 0 Å². The Balaban J connectivity index is 1.88. The SMILES string of the molecule is NCC1CCCC1OCc1ccc(C(=O)O)cc1. The van der Waals surface area contributed by atoms with Crippen LogP contribution in [-0.2, 0) is 11.3 Å². The third-order valence-electron chi connectivity index (χ3n) is 3.56. The highest BCUT2D eigenvalue weighted by atomic mass is 16.5. The molecule has 4 nitrogen and oxygen atoms in total. The lowest BCUT2D eigenvalue weighted by Gasteiger charge is -2.18. The van der Waals surface area contributed by atoms with Gasteiger partial charge in [0, 0.05) is 0 Å². The first-order chi connectivity index (χ1) is 8.70. The van der Waals surface area contributed by atoms with Gasteiger partial charge in [-0.2, -0.15) is 0 Å². The molecule has 3 N–H and O–H groups in total. The molecule has 1 aliphatic rings. The predicted molar refractivity (Wildman–Crippen MR) is 68.4 cm³/mol. The first-order valence-corrected chi connectivity index (χ1v) is 6.34. The summed E-state index contributed by atoms with van der Waals surface area (Å²) >= 11 is 0. The first kappa shape index (κ1) is 13.1. The smallest absolute Gasteiger partial charge is 0.335 e. The standard InChI is InChI=1S/C14H19NO3/c15-8-12-2-1-3-13(12)18-9-10-4-6-11(7-5-10)14(16)17/h4-7,12-13H,1-3,8-9,15H2,(H,16,17). The zero-order valence-corrected chi connectivity index (χ0v) is 10.3. The van der Waals surface area contributed by atoms with Gasteiger partial charge in [-0.05, 0) is 43.0 Å². The van der Waals surface area contributed by atoms with Crippen molar-refractivity contribution in [1.82, 2.24) is 0 Å². The lowest BCUT2D eigenvalue weighted by Crippen LogP contribution is -2.25. The van der Waals surface area contributed by atoms with Gasteiger partial charge in [0.15, 0.2) is 0 Å². The Labute approximate surface area is 107 Å². The molecule has 1 fully saturated rings. The number of carbonyl (C=O) groups is 1. The van der Waals surface area contributed by atoms with Gasteiger partial charge in [0.2, 0.25) is 0 Å². The molecule has 0 aliphatic heterocycles. The number of rotatable bonds is 5. The van der Waals surface area contributed by atoms with E-state index in [1.807, 2.05) is 0 Å². The Kier molecular flexibility index (Phi) is 4.33. The van der Waals surface area contributed by atoms with Crippen LogP contribution in [-0.4, -0.2) is 23.7 Å². The largest absolute Gasteiger partial charge is 0.478 e. The average Bonchev–Trinajstić information content (AvgIpc) is 2.84. The van der Waals surface area contributed by atoms with E-state index in [0.29, 0.717) is 24.6 Å². The molecule has 0 aromatic heterocycles. The zero-order valence-electron chi connectivity index (χ0n) is 10.3. The molecule has 2 unspecified atom stereocenters. The molecule has 1 aliphatic carbocycles. The maximum absolute atomic E-state index is 10.7. The Morgan fingerprint density at radius 1 is 1.33 bits per heavy atom. The summed E-state index contributed by atoms with van der Waals surface area (Å²) in [6, 6.07) is 6.82. The van der Waals surface area contributed by atoms with Crippen molar-refractivity contribution < 1.29 is 14.6 Å². The van der Waals surface area contributed by atoms with Gasteiger partial charge in [-0.25, -0.2) is 4.79 Å². The van der Waals surface area contributed by atoms with Gasteiger partial charge in [0.05, 0.1) is 18.3 Å². The minimum Gasteiger partial charge on any atom is -0.478 e. The Hall–Kier alpha value is -1.39. The average molecular weight is 249 g/mol. The number of aromatic carboxylic acids is 1. The van der Waals surface area contributed by atoms with Crippen LogP contribution in [0.2, 0.25) is 0 Å². The molecule has 0 heterocycles. The molecule has 0 spiro atoms. The van der Waals surface area contributed by atoms with E-state index in [0.717, 1.165) is 18.4 Å². The summed E-state index contributed by atoms with van der Waals surface area (Å²) < 4.78 is 5.87. The van der Waals surface area contributed by atoms with Gasteiger partial charge in [0.1, 0.15) is 0 Å². The Morgan fingerprint density at radius 3 is 2.67 bits per heavy atom. The van der Waals surface area contributed by atoms with Crippen LogP contribution in [0.5, 0.6) is 0 Å². The van der Waals surface area contributed by atoms with E-state index in [4.69, 9.17) is 15.6 Å². The highest BCUT2D eigenvalue weighted by molar-refractivity contribution is 5.87. The molecular formula is C14H19NO3. The summed E-state index contributed by atoms with van der Waals surface area (Å²) in [7, 11) is 0. The fraction of sp³-hybridized carbons (Fsp3) is 0.500. The molecule has 0 radical (unpaired) electrons. The summed E-state index contributed by atoms with van der Waals surface area (Å²) in [4.78, 5) is 10.7. The Morgan fingerprint density at radius 2 is 2.06 bits per heavy atom. The topological polar surface area (TPSA) is 72.5 Å². The van der Waals surface area contributed by atoms with Crippen LogP contribution < -0.4 is 5.73 Å². The first-order valence-electron chi connectivity index (χ1n) is 6.34. The summed E-state index contributed by atoms with van der Waals surface area (Å²) in [5.74, 6) is -0.426. The van der Waals surface area contributed by atoms with E-state index in [2.05, 4.69) is 0 Å². The highest BCUT2D eigenvalue weighted by Crippen LogP contribution is 2.28. The normalized spacial score (nSPS) is 23.2. The van der Waals surface area contributed by atoms with Gasteiger partial charge in [-0.1, -0.05) is 18.6 Å². The minimum absolute atomic E-state index is 0.258. The number of nitrogens with two attached hydrogens (primary N) is 1. The van der Waals surface area contributed by atoms with Crippen LogP contribution in [0.15, 0.2) is 24.3 Å². The molecule has 0 bridgehead atoms. The summed E-state index contributed by atoms with van der Waals surface area (Å²) in [6.07, 6.45) is 3.67. The molecular weight excluding hydrogens is 230 g/mol. The van der Waals surface area contributed by atoms with Gasteiger partial charge >= 0.3 is 5.97 Å². The molecule has 2 rings (SSSR count). The van der Waals surface area contributed by atoms with Crippen molar-refractivity contribution in [2.45, 2.75) is 32.0 Å². The van der Waals surface area contributed by atoms with Gasteiger partial charge in [-0.15, -0.1) is 0 Å². The van der Waals surface area contributed by atoms with Crippen molar-refractivity contribution in [2.24, 2.45) is 11.7 Å². The van der Waals surface area contributed by atoms with Crippen LogP contribution in [0.25, 0.3) is 0 Å². The molecule has 0 amide bonds. The fourth-order valence-corrected chi connectivity index (χ4v) is 2.44. The maximum Gasteiger partial charge on any atom is 0.335 e. The molecule has 1 saturated carbocycles. The van der Waals surface area contributed by atoms with E-state index in [9.17, 15) is 4.79 Å². The molecule has 0 saturated heterocycles. The van der Waals surface area contributed by atoms with Crippen LogP contribution >= 0.6 is 0 Å². The van der Waals surface area contributed by atoms with E-state index in [-0.39, 0.29) is 6.10 Å². The lowest BCUT2D eigenvalue weighted by molar-refractivity contribution is 0.0182. The quantitative estimate of drug-likeness (QED) is 0.837. The number of ether oxygens (including phenoxy) is 1. The second kappa shape index (κ2) is 5.98. The molecule has 1 aromatic rings. The summed E-state index contributed by atoms with van der Waals surface area (Å²) in [5, 5.41) is 8.80. The second-order valence-corrected chi connectivity index (χ2v) is 4.78. The predicted octanol–water partition coefficient (Wildman–Crippen LogP) is 2.03. The van der Waals surface area contributed by atoms with Gasteiger partial charge < -0.3 is 15.6 Å². The van der Waals surface area contributed by atoms with Crippen LogP contribution in [0.1, 0.15) is 35.2 Å². The Bertz CT molecular complexity index is 402. The monoisotopic (exact) mass is 249 g/mol. The zero-order chi connectivity index (χ0) is 13.0. The second-order valence-electron chi connectivity index (χ2n) is 4.78. The third-order valence-corrected chi connectivity index (χ3v) is 3.56. The fourth-order valence-electron chi connectivity index (χ4n) is 2.44. The minimum atomic E-state index is -0.901. The van der Waals surface area contributed by atoms with Crippen LogP contribution in [0, 0.1) is 5.92 Å². The molecule has 18 heavy (non-hydrogen) atoms. The maximum atomic E-state index is 10.7. The number of hydrogen-bond acceptors (Lipinski definition) is 3. The molecule has 1 aromatic carbocycles. The lowest BCUT2D eigenvalue weighted by atomic mass is 10.1. The van der Waals surface area contributed by atoms with Crippen molar-refractivity contribution in [2.75, 3.05) is 6.54 Å². The molecule has 98 valence electrons. The van der Waals surface area contributed by atoms with Gasteiger partial charge in [-0.3, -0.25) is 0 Å². The van der Waals surface area contributed by atoms with E-state index in [1.54, 1.807) is 24.3 Å². The van der Waals surface area contributed by atoms with E-state index < -0.39 is 5.97 Å². The van der Waals surface area contributed by atoms with Crippen LogP contribution in [0.4, 0.5) is 0 Å². The van der Waals surface area contributed by atoms with Crippen molar-refractivity contribution in [3.63, 3.8) is 0 Å². The molecule has 4 heteroatoms. The van der Waals surface area contributed by atoms with Crippen molar-refractivity contribution >= 4 is 5.97 Å². The van der Waals surface area contributed by atoms with E-state index >= 15 is 0 Å². The number of carboxylic acid groups (broad SMARTS) is 1. The number of benzene rings is 1. The van der Waals surface area contributed by atoms with Crippen LogP contribution in [0.3, 0.4) is 0 Å². The highest BCUT2D eigenvalue weighted by Gasteiger charge is 2.26. The number of hydrogen-bond donors (Lipinski definition) is 2. The van der Waals surface area contributed by atoms with E-state index in [1.165, 1.54) is 6.42 Å². The van der Waals surface area contributed by atoms with Crippen molar-refractivity contribution in [3.8, 4) is 0 Å². The third kappa shape index (κ3) is 3.09. The van der Waals surface area contributed by atoms with Crippen molar-refractivity contribution in [3.05, 3.63) is 35.4 Å². The summed E-state index contributed by atoms with van der Waals surface area (Å²) in [5.41, 5.74) is 7.01. The van der Waals surface area contributed by atoms with Gasteiger partial charge in [0.25, 0.3) is 0 Å². The number of carboxylic acids is 1. The summed E-state index contributed by atoms with van der Waals surface area (Å²) in [6.45, 7) is 1.21. The molecule has 2 atom stereocenters.